The normalized spacial score (nSPS) is 20.8. The molecule has 0 saturated heterocycles. The molecule has 1 saturated carbocycles. The number of fused-ring (bicyclic) bond motifs is 1. The molecule has 3 aromatic rings. The first kappa shape index (κ1) is 17.5. The van der Waals surface area contributed by atoms with Crippen molar-refractivity contribution in [3.8, 4) is 0 Å². The number of rotatable bonds is 3. The van der Waals surface area contributed by atoms with E-state index >= 15 is 0 Å². The largest absolute Gasteiger partial charge is 0.323 e. The molecular weight excluding hydrogens is 392 g/mol. The molecule has 0 unspecified atom stereocenters. The molecule has 1 aliphatic carbocycles. The molecule has 1 aliphatic rings. The van der Waals surface area contributed by atoms with Gasteiger partial charge in [0.1, 0.15) is 15.9 Å². The highest BCUT2D eigenvalue weighted by Gasteiger charge is 2.28. The van der Waals surface area contributed by atoms with E-state index in [1.807, 2.05) is 16.8 Å². The monoisotopic (exact) mass is 416 g/mol. The van der Waals surface area contributed by atoms with Gasteiger partial charge in [-0.15, -0.1) is 0 Å². The van der Waals surface area contributed by atoms with Crippen LogP contribution in [0.2, 0.25) is 0 Å². The Morgan fingerprint density at radius 2 is 2.00 bits per heavy atom. The van der Waals surface area contributed by atoms with Crippen LogP contribution in [0.25, 0.3) is 5.52 Å². The number of hydrogen-bond donors (Lipinski definition) is 1. The van der Waals surface area contributed by atoms with E-state index in [4.69, 9.17) is 5.10 Å². The molecule has 3 heterocycles. The van der Waals surface area contributed by atoms with Gasteiger partial charge in [-0.3, -0.25) is 0 Å². The van der Waals surface area contributed by atoms with Crippen LogP contribution in [-0.2, 0) is 5.54 Å². The second-order valence-corrected chi connectivity index (χ2v) is 9.16. The quantitative estimate of drug-likeness (QED) is 0.645. The minimum Gasteiger partial charge on any atom is -0.323 e. The van der Waals surface area contributed by atoms with E-state index < -0.39 is 0 Å². The molecule has 0 amide bonds. The molecule has 7 heteroatoms. The highest BCUT2D eigenvalue weighted by Crippen LogP contribution is 2.39. The maximum atomic E-state index is 4.97. The van der Waals surface area contributed by atoms with Gasteiger partial charge in [0, 0.05) is 30.4 Å². The third-order valence-corrected chi connectivity index (χ3v) is 5.47. The summed E-state index contributed by atoms with van der Waals surface area (Å²) in [5.41, 5.74) is 2.00. The molecule has 0 bridgehead atoms. The fourth-order valence-electron chi connectivity index (χ4n) is 3.78. The van der Waals surface area contributed by atoms with E-state index in [1.165, 1.54) is 25.0 Å². The Kier molecular flexibility index (Phi) is 4.29. The van der Waals surface area contributed by atoms with Crippen molar-refractivity contribution < 1.29 is 0 Å². The molecule has 26 heavy (non-hydrogen) atoms. The Hall–Kier alpha value is -1.89. The first-order valence-corrected chi connectivity index (χ1v) is 9.98. The molecule has 6 nitrogen and oxygen atoms in total. The molecule has 4 rings (SSSR count). The summed E-state index contributed by atoms with van der Waals surface area (Å²) in [5, 5.41) is 12.9. The zero-order chi connectivity index (χ0) is 18.5. The van der Waals surface area contributed by atoms with E-state index in [1.54, 1.807) is 6.20 Å². The minimum atomic E-state index is -0.114. The van der Waals surface area contributed by atoms with Crippen molar-refractivity contribution in [2.24, 2.45) is 5.92 Å². The van der Waals surface area contributed by atoms with E-state index in [-0.39, 0.29) is 5.54 Å². The highest BCUT2D eigenvalue weighted by atomic mass is 79.9. The van der Waals surface area contributed by atoms with Crippen LogP contribution in [0.5, 0.6) is 0 Å². The predicted octanol–water partition coefficient (Wildman–Crippen LogP) is 5.09. The van der Waals surface area contributed by atoms with Gasteiger partial charge in [0.2, 0.25) is 0 Å². The fraction of sp³-hybridized carbons (Fsp3) is 0.526. The maximum Gasteiger partial charge on any atom is 0.157 e. The van der Waals surface area contributed by atoms with Crippen LogP contribution in [0, 0.1) is 5.92 Å². The second kappa shape index (κ2) is 6.37. The molecule has 0 radical (unpaired) electrons. The molecular formula is C19H25BrN6. The molecule has 0 spiro atoms. The summed E-state index contributed by atoms with van der Waals surface area (Å²) in [5.74, 6) is 3.10. The van der Waals surface area contributed by atoms with E-state index in [0.29, 0.717) is 5.92 Å². The number of anilines is 2. The van der Waals surface area contributed by atoms with Crippen LogP contribution < -0.4 is 5.32 Å². The van der Waals surface area contributed by atoms with Gasteiger partial charge in [0.05, 0.1) is 11.2 Å². The smallest absolute Gasteiger partial charge is 0.157 e. The average molecular weight is 417 g/mol. The minimum absolute atomic E-state index is 0.114. The highest BCUT2D eigenvalue weighted by molar-refractivity contribution is 9.10. The Labute approximate surface area is 162 Å². The first-order valence-electron chi connectivity index (χ1n) is 9.18. The fourth-order valence-corrected chi connectivity index (χ4v) is 4.17. The van der Waals surface area contributed by atoms with Gasteiger partial charge in [-0.2, -0.15) is 10.2 Å². The number of nitrogens with one attached hydrogen (secondary N) is 1. The Morgan fingerprint density at radius 3 is 2.69 bits per heavy atom. The molecule has 0 aromatic carbocycles. The average Bonchev–Trinajstić information content (AvgIpc) is 3.24. The standard InChI is InChI=1S/C19H25BrN6/c1-12-5-6-13(9-12)14-10-17(26(23-14)19(2,3)4)22-18-15-11-16(20)24-25(15)8-7-21-18/h7-8,10-13H,5-6,9H2,1-4H3,(H,21,22)/t12-,13+/m1/s1. The third kappa shape index (κ3) is 3.24. The lowest BCUT2D eigenvalue weighted by Crippen LogP contribution is -2.25. The zero-order valence-electron chi connectivity index (χ0n) is 15.7. The zero-order valence-corrected chi connectivity index (χ0v) is 17.3. The van der Waals surface area contributed by atoms with Gasteiger partial charge < -0.3 is 5.32 Å². The summed E-state index contributed by atoms with van der Waals surface area (Å²) in [6.07, 6.45) is 7.35. The SMILES string of the molecule is C[C@@H]1CC[C@H](c2cc(Nc3nccn4nc(Br)cc34)n(C(C)(C)C)n2)C1. The molecule has 1 fully saturated rings. The number of halogens is 1. The first-order chi connectivity index (χ1) is 12.3. The van der Waals surface area contributed by atoms with Gasteiger partial charge in [0.15, 0.2) is 5.82 Å². The van der Waals surface area contributed by atoms with Crippen LogP contribution in [0.4, 0.5) is 11.6 Å². The van der Waals surface area contributed by atoms with Crippen LogP contribution >= 0.6 is 15.9 Å². The lowest BCUT2D eigenvalue weighted by atomic mass is 10.0. The second-order valence-electron chi connectivity index (χ2n) is 8.35. The molecule has 1 N–H and O–H groups in total. The van der Waals surface area contributed by atoms with Crippen molar-refractivity contribution in [1.29, 1.82) is 0 Å². The number of nitrogens with zero attached hydrogens (tertiary/aromatic N) is 5. The van der Waals surface area contributed by atoms with Gasteiger partial charge >= 0.3 is 0 Å². The summed E-state index contributed by atoms with van der Waals surface area (Å²) in [6.45, 7) is 8.86. The molecule has 2 atom stereocenters. The van der Waals surface area contributed by atoms with Gasteiger partial charge in [0.25, 0.3) is 0 Å². The van der Waals surface area contributed by atoms with Crippen molar-refractivity contribution in [3.63, 3.8) is 0 Å². The van der Waals surface area contributed by atoms with Crippen LogP contribution in [0.3, 0.4) is 0 Å². The summed E-state index contributed by atoms with van der Waals surface area (Å²) in [7, 11) is 0. The lowest BCUT2D eigenvalue weighted by Gasteiger charge is -2.22. The topological polar surface area (TPSA) is 60.0 Å². The van der Waals surface area contributed by atoms with Gasteiger partial charge in [-0.05, 0) is 55.5 Å². The van der Waals surface area contributed by atoms with Crippen LogP contribution in [-0.4, -0.2) is 24.4 Å². The molecule has 138 valence electrons. The van der Waals surface area contributed by atoms with E-state index in [2.05, 4.69) is 69.8 Å². The van der Waals surface area contributed by atoms with Crippen molar-refractivity contribution in [3.05, 3.63) is 34.8 Å². The van der Waals surface area contributed by atoms with Gasteiger partial charge in [-0.25, -0.2) is 14.2 Å². The van der Waals surface area contributed by atoms with Crippen molar-refractivity contribution >= 4 is 33.1 Å². The Morgan fingerprint density at radius 1 is 1.19 bits per heavy atom. The number of hydrogen-bond acceptors (Lipinski definition) is 4. The van der Waals surface area contributed by atoms with Crippen molar-refractivity contribution in [2.75, 3.05) is 5.32 Å². The summed E-state index contributed by atoms with van der Waals surface area (Å²) >= 11 is 3.44. The molecule has 0 aliphatic heterocycles. The lowest BCUT2D eigenvalue weighted by molar-refractivity contribution is 0.356. The summed E-state index contributed by atoms with van der Waals surface area (Å²) in [6, 6.07) is 4.16. The predicted molar refractivity (Wildman–Crippen MR) is 107 cm³/mol. The Balaban J connectivity index is 1.73. The summed E-state index contributed by atoms with van der Waals surface area (Å²) in [4.78, 5) is 4.52. The third-order valence-electron chi connectivity index (χ3n) is 5.08. The summed E-state index contributed by atoms with van der Waals surface area (Å²) < 4.78 is 4.69. The van der Waals surface area contributed by atoms with Gasteiger partial charge in [-0.1, -0.05) is 13.3 Å². The van der Waals surface area contributed by atoms with Crippen molar-refractivity contribution in [1.82, 2.24) is 24.4 Å². The maximum absolute atomic E-state index is 4.97. The van der Waals surface area contributed by atoms with Crippen LogP contribution in [0.1, 0.15) is 58.6 Å². The Bertz CT molecular complexity index is 935. The molecule has 3 aromatic heterocycles. The van der Waals surface area contributed by atoms with Crippen molar-refractivity contribution in [2.45, 2.75) is 58.4 Å². The number of aromatic nitrogens is 5. The van der Waals surface area contributed by atoms with E-state index in [9.17, 15) is 0 Å². The van der Waals surface area contributed by atoms with Crippen LogP contribution in [0.15, 0.2) is 29.1 Å². The van der Waals surface area contributed by atoms with E-state index in [0.717, 1.165) is 27.7 Å².